The van der Waals surface area contributed by atoms with Crippen molar-refractivity contribution < 1.29 is 4.79 Å². The van der Waals surface area contributed by atoms with Gasteiger partial charge in [0.25, 0.3) is 5.56 Å². The molecule has 3 aromatic rings. The molecule has 0 unspecified atom stereocenters. The highest BCUT2D eigenvalue weighted by Crippen LogP contribution is 2.22. The molecule has 4 N–H and O–H groups in total. The van der Waals surface area contributed by atoms with Gasteiger partial charge in [-0.15, -0.1) is 0 Å². The van der Waals surface area contributed by atoms with Crippen molar-refractivity contribution in [1.29, 1.82) is 5.26 Å². The molecule has 0 spiro atoms. The first-order valence-corrected chi connectivity index (χ1v) is 11.1. The number of unbranched alkanes of at least 4 members (excludes halogenated alkanes) is 1. The second-order valence-electron chi connectivity index (χ2n) is 7.69. The molecule has 1 amide bonds. The number of nitrogens with two attached hydrogens (primary N) is 1. The first-order valence-electron chi connectivity index (χ1n) is 10.7. The van der Waals surface area contributed by atoms with Gasteiger partial charge in [0.15, 0.2) is 0 Å². The fourth-order valence-corrected chi connectivity index (χ4v) is 3.72. The number of carbonyl (C=O) groups is 1. The van der Waals surface area contributed by atoms with Crippen LogP contribution in [0.3, 0.4) is 0 Å². The molecule has 1 aromatic heterocycles. The van der Waals surface area contributed by atoms with Crippen molar-refractivity contribution >= 4 is 34.7 Å². The lowest BCUT2D eigenvalue weighted by Crippen LogP contribution is -2.41. The summed E-state index contributed by atoms with van der Waals surface area (Å²) in [7, 11) is 0. The Bertz CT molecular complexity index is 1330. The maximum Gasteiger partial charge on any atom is 0.330 e. The average molecular weight is 481 g/mol. The largest absolute Gasteiger partial charge is 0.383 e. The van der Waals surface area contributed by atoms with Crippen molar-refractivity contribution in [2.75, 3.05) is 22.5 Å². The number of amides is 1. The monoisotopic (exact) mass is 480 g/mol. The molecule has 10 heteroatoms. The van der Waals surface area contributed by atoms with Gasteiger partial charge in [-0.05, 0) is 30.2 Å². The normalized spacial score (nSPS) is 10.5. The van der Waals surface area contributed by atoms with Crippen molar-refractivity contribution in [3.63, 3.8) is 0 Å². The van der Waals surface area contributed by atoms with E-state index in [0.717, 1.165) is 12.0 Å². The van der Waals surface area contributed by atoms with Crippen molar-refractivity contribution in [1.82, 2.24) is 9.55 Å². The summed E-state index contributed by atoms with van der Waals surface area (Å²) in [6, 6.07) is 15.8. The van der Waals surface area contributed by atoms with Crippen molar-refractivity contribution in [2.45, 2.75) is 32.9 Å². The molecular formula is C24H25ClN6O3. The number of benzene rings is 2. The number of aromatic nitrogens is 2. The third-order valence-corrected chi connectivity index (χ3v) is 5.50. The minimum atomic E-state index is -0.666. The van der Waals surface area contributed by atoms with Crippen molar-refractivity contribution in [3.05, 3.63) is 85.5 Å². The van der Waals surface area contributed by atoms with Gasteiger partial charge < -0.3 is 16.0 Å². The molecular weight excluding hydrogens is 456 g/mol. The lowest BCUT2D eigenvalue weighted by atomic mass is 10.2. The van der Waals surface area contributed by atoms with Gasteiger partial charge in [-0.3, -0.25) is 19.1 Å². The summed E-state index contributed by atoms with van der Waals surface area (Å²) < 4.78 is 1.32. The molecule has 0 aliphatic rings. The lowest BCUT2D eigenvalue weighted by Gasteiger charge is -2.26. The van der Waals surface area contributed by atoms with Crippen LogP contribution in [0.2, 0.25) is 5.02 Å². The van der Waals surface area contributed by atoms with Crippen LogP contribution >= 0.6 is 11.6 Å². The van der Waals surface area contributed by atoms with Gasteiger partial charge in [-0.1, -0.05) is 55.3 Å². The summed E-state index contributed by atoms with van der Waals surface area (Å²) in [5.41, 5.74) is 6.62. The Morgan fingerprint density at radius 3 is 2.62 bits per heavy atom. The number of nitrogens with zero attached hydrogens (tertiary/aromatic N) is 3. The molecule has 0 saturated heterocycles. The van der Waals surface area contributed by atoms with Crippen LogP contribution in [0.5, 0.6) is 0 Å². The quantitative estimate of drug-likeness (QED) is 0.430. The summed E-state index contributed by atoms with van der Waals surface area (Å²) in [6.45, 7) is 2.32. The SMILES string of the molecule is CCCCn1c(N)c(N(CC(=O)Nc2ccc(C#N)c(Cl)c2)Cc2ccccc2)c(=O)[nH]c1=O. The smallest absolute Gasteiger partial charge is 0.330 e. The molecule has 0 radical (unpaired) electrons. The maximum atomic E-state index is 12.9. The molecule has 0 bridgehead atoms. The predicted molar refractivity (Wildman–Crippen MR) is 133 cm³/mol. The van der Waals surface area contributed by atoms with Crippen LogP contribution in [0.15, 0.2) is 58.1 Å². The lowest BCUT2D eigenvalue weighted by molar-refractivity contribution is -0.115. The zero-order valence-electron chi connectivity index (χ0n) is 18.7. The van der Waals surface area contributed by atoms with Crippen LogP contribution in [0.4, 0.5) is 17.2 Å². The standard InChI is InChI=1S/C24H25ClN6O3/c1-2-3-11-31-22(27)21(23(33)29-24(31)34)30(14-16-7-5-4-6-8-16)15-20(32)28-18-10-9-17(13-26)19(25)12-18/h4-10,12H,2-3,11,14-15,27H2,1H3,(H,28,32)(H,29,33,34). The second kappa shape index (κ2) is 11.2. The zero-order chi connectivity index (χ0) is 24.7. The summed E-state index contributed by atoms with van der Waals surface area (Å²) >= 11 is 6.06. The minimum absolute atomic E-state index is 0.00680. The number of nitriles is 1. The van der Waals surface area contributed by atoms with E-state index >= 15 is 0 Å². The van der Waals surface area contributed by atoms with Crippen LogP contribution in [-0.4, -0.2) is 22.0 Å². The van der Waals surface area contributed by atoms with E-state index < -0.39 is 17.2 Å². The number of hydrogen-bond donors (Lipinski definition) is 3. The molecule has 176 valence electrons. The molecule has 3 rings (SSSR count). The molecule has 0 aliphatic carbocycles. The number of nitrogens with one attached hydrogen (secondary N) is 2. The fourth-order valence-electron chi connectivity index (χ4n) is 3.50. The number of nitrogen functional groups attached to an aromatic ring is 1. The van der Waals surface area contributed by atoms with E-state index in [-0.39, 0.29) is 29.6 Å². The predicted octanol–water partition coefficient (Wildman–Crippen LogP) is 3.09. The van der Waals surface area contributed by atoms with Crippen LogP contribution in [0.1, 0.15) is 30.9 Å². The van der Waals surface area contributed by atoms with Gasteiger partial charge in [0, 0.05) is 18.8 Å². The molecule has 1 heterocycles. The summed E-state index contributed by atoms with van der Waals surface area (Å²) in [5, 5.41) is 12.0. The highest BCUT2D eigenvalue weighted by atomic mass is 35.5. The Hall–Kier alpha value is -4.03. The van der Waals surface area contributed by atoms with Crippen LogP contribution in [0.25, 0.3) is 0 Å². The van der Waals surface area contributed by atoms with E-state index in [1.54, 1.807) is 6.07 Å². The highest BCUT2D eigenvalue weighted by molar-refractivity contribution is 6.32. The maximum absolute atomic E-state index is 12.9. The number of H-pyrrole nitrogens is 1. The van der Waals surface area contributed by atoms with E-state index in [2.05, 4.69) is 10.3 Å². The Morgan fingerprint density at radius 1 is 1.24 bits per heavy atom. The molecule has 0 atom stereocenters. The third kappa shape index (κ3) is 5.85. The van der Waals surface area contributed by atoms with E-state index in [0.29, 0.717) is 24.2 Å². The zero-order valence-corrected chi connectivity index (χ0v) is 19.4. The van der Waals surface area contributed by atoms with E-state index in [9.17, 15) is 14.4 Å². The van der Waals surface area contributed by atoms with E-state index in [4.69, 9.17) is 22.6 Å². The average Bonchev–Trinajstić information content (AvgIpc) is 2.79. The van der Waals surface area contributed by atoms with Crippen LogP contribution in [-0.2, 0) is 17.9 Å². The van der Waals surface area contributed by atoms with Crippen molar-refractivity contribution in [2.24, 2.45) is 0 Å². The van der Waals surface area contributed by atoms with Gasteiger partial charge in [0.05, 0.1) is 17.1 Å². The van der Waals surface area contributed by atoms with Gasteiger partial charge >= 0.3 is 5.69 Å². The first-order chi connectivity index (χ1) is 16.3. The minimum Gasteiger partial charge on any atom is -0.383 e. The van der Waals surface area contributed by atoms with Gasteiger partial charge in [-0.2, -0.15) is 5.26 Å². The Labute approximate surface area is 201 Å². The third-order valence-electron chi connectivity index (χ3n) is 5.19. The Balaban J connectivity index is 1.96. The number of rotatable bonds is 9. The second-order valence-corrected chi connectivity index (χ2v) is 8.10. The van der Waals surface area contributed by atoms with Gasteiger partial charge in [0.2, 0.25) is 5.91 Å². The molecule has 0 aliphatic heterocycles. The number of carbonyl (C=O) groups excluding carboxylic acids is 1. The molecule has 34 heavy (non-hydrogen) atoms. The summed E-state index contributed by atoms with van der Waals surface area (Å²) in [6.07, 6.45) is 1.54. The summed E-state index contributed by atoms with van der Waals surface area (Å²) in [4.78, 5) is 41.9. The molecule has 0 saturated carbocycles. The number of anilines is 3. The van der Waals surface area contributed by atoms with Crippen LogP contribution in [0, 0.1) is 11.3 Å². The topological polar surface area (TPSA) is 137 Å². The number of hydrogen-bond acceptors (Lipinski definition) is 6. The fraction of sp³-hybridized carbons (Fsp3) is 0.250. The van der Waals surface area contributed by atoms with Crippen molar-refractivity contribution in [3.8, 4) is 6.07 Å². The van der Waals surface area contributed by atoms with E-state index in [1.165, 1.54) is 21.6 Å². The highest BCUT2D eigenvalue weighted by Gasteiger charge is 2.21. The number of aromatic amines is 1. The van der Waals surface area contributed by atoms with Gasteiger partial charge in [0.1, 0.15) is 17.6 Å². The molecule has 0 fully saturated rings. The Morgan fingerprint density at radius 2 is 1.97 bits per heavy atom. The number of halogens is 1. The summed E-state index contributed by atoms with van der Waals surface area (Å²) in [5.74, 6) is -0.422. The first kappa shape index (κ1) is 24.6. The van der Waals surface area contributed by atoms with Crippen LogP contribution < -0.4 is 27.2 Å². The van der Waals surface area contributed by atoms with E-state index in [1.807, 2.05) is 43.3 Å². The van der Waals surface area contributed by atoms with Gasteiger partial charge in [-0.25, -0.2) is 4.79 Å². The Kier molecular flexibility index (Phi) is 8.11. The molecule has 9 nitrogen and oxygen atoms in total. The molecule has 2 aromatic carbocycles.